The van der Waals surface area contributed by atoms with Gasteiger partial charge < -0.3 is 20.3 Å². The van der Waals surface area contributed by atoms with Gasteiger partial charge in [-0.15, -0.1) is 11.8 Å². The Morgan fingerprint density at radius 3 is 2.38 bits per heavy atom. The average Bonchev–Trinajstić information content (AvgIpc) is 3.73. The third-order valence-electron chi connectivity index (χ3n) is 11.2. The zero-order valence-electron chi connectivity index (χ0n) is 28.5. The Kier molecular flexibility index (Phi) is 10.9. The van der Waals surface area contributed by atoms with Crippen LogP contribution in [0.5, 0.6) is 11.5 Å². The monoisotopic (exact) mass is 733 g/mol. The smallest absolute Gasteiger partial charge is 0.165 e. The van der Waals surface area contributed by atoms with Crippen LogP contribution in [-0.2, 0) is 4.74 Å². The summed E-state index contributed by atoms with van der Waals surface area (Å²) in [7, 11) is 0. The Morgan fingerprint density at radius 2 is 1.65 bits per heavy atom. The second kappa shape index (κ2) is 15.3. The number of aliphatic imine (C=N–C) groups is 1. The van der Waals surface area contributed by atoms with Crippen molar-refractivity contribution in [2.24, 2.45) is 9.98 Å². The van der Waals surface area contributed by atoms with Gasteiger partial charge in [0, 0.05) is 34.4 Å². The van der Waals surface area contributed by atoms with Crippen LogP contribution in [0.4, 0.5) is 11.4 Å². The number of allylic oxidation sites excluding steroid dienone is 2. The van der Waals surface area contributed by atoms with Crippen molar-refractivity contribution in [1.29, 1.82) is 0 Å². The molecule has 5 aliphatic rings. The van der Waals surface area contributed by atoms with Crippen LogP contribution in [0.15, 0.2) is 43.6 Å². The first-order chi connectivity index (χ1) is 23.5. The van der Waals surface area contributed by atoms with Gasteiger partial charge in [0.25, 0.3) is 0 Å². The highest BCUT2D eigenvalue weighted by Crippen LogP contribution is 2.70. The number of halogens is 1. The van der Waals surface area contributed by atoms with Gasteiger partial charge in [-0.25, -0.2) is 0 Å². The number of nitrogens with one attached hydrogen (secondary N) is 1. The van der Waals surface area contributed by atoms with Crippen molar-refractivity contribution < 1.29 is 14.9 Å². The van der Waals surface area contributed by atoms with E-state index in [1.165, 1.54) is 102 Å². The van der Waals surface area contributed by atoms with Gasteiger partial charge in [-0.1, -0.05) is 96.1 Å². The molecule has 258 valence electrons. The lowest BCUT2D eigenvalue weighted by molar-refractivity contribution is 0.0395. The van der Waals surface area contributed by atoms with Crippen LogP contribution in [0.3, 0.4) is 0 Å². The van der Waals surface area contributed by atoms with Crippen LogP contribution in [0.25, 0.3) is 5.57 Å². The number of rotatable bonds is 18. The van der Waals surface area contributed by atoms with Gasteiger partial charge in [-0.3, -0.25) is 9.98 Å². The fraction of sp³-hybridized carbons (Fsp3) is 0.600. The van der Waals surface area contributed by atoms with Crippen LogP contribution in [0.2, 0.25) is 0 Å². The van der Waals surface area contributed by atoms with E-state index in [0.717, 1.165) is 58.1 Å². The SMILES string of the molecule is CCCCCCC=CCCCCCCCCCCCC[C@]12Sc3cc(O)c(Br)cc3[C@H]1[C@@H]1Nc3c(O)c4c5c(c3[C@H]2O1)=NCCC=5C=N4. The first-order valence-corrected chi connectivity index (χ1v) is 20.4. The molecule has 6 nitrogen and oxygen atoms in total. The normalized spacial score (nSPS) is 24.0. The van der Waals surface area contributed by atoms with E-state index in [1.54, 1.807) is 0 Å². The molecule has 7 rings (SSSR count). The molecule has 0 saturated carbocycles. The largest absolute Gasteiger partial charge is 0.507 e. The number of fused-ring (bicyclic) bond motifs is 10. The van der Waals surface area contributed by atoms with Crippen LogP contribution < -0.4 is 15.9 Å². The van der Waals surface area contributed by atoms with Crippen molar-refractivity contribution in [1.82, 2.24) is 0 Å². The maximum atomic E-state index is 11.5. The second-order valence-electron chi connectivity index (χ2n) is 14.5. The Hall–Kier alpha value is -2.29. The maximum absolute atomic E-state index is 11.5. The number of phenolic OH excluding ortho intramolecular Hbond substituents is 2. The molecular formula is C40H52BrN3O3S. The molecule has 0 aliphatic carbocycles. The molecular weight excluding hydrogens is 682 g/mol. The maximum Gasteiger partial charge on any atom is 0.165 e. The standard InChI is InChI=1S/C40H52BrN3O3S/c1-2-3-4-5-6-7-8-9-10-11-12-13-14-15-16-17-18-19-21-40-33(27-23-28(41)29(45)24-30(27)48-40)39-44-36-32(38(40)47-39)34-31-26(20-22-42-34)25-43-35(31)37(36)46/h7-8,23-25,33,38-39,44-46H,2-6,9-22H2,1H3/t33-,38+,39+,40-/m0/s1. The Morgan fingerprint density at radius 1 is 0.958 bits per heavy atom. The van der Waals surface area contributed by atoms with E-state index in [2.05, 4.69) is 51.4 Å². The number of anilines is 1. The molecule has 5 aliphatic heterocycles. The van der Waals surface area contributed by atoms with Crippen LogP contribution in [-0.4, -0.2) is 33.9 Å². The summed E-state index contributed by atoms with van der Waals surface area (Å²) in [5.41, 5.74) is 4.76. The summed E-state index contributed by atoms with van der Waals surface area (Å²) in [6.45, 7) is 3.00. The Balaban J connectivity index is 0.944. The summed E-state index contributed by atoms with van der Waals surface area (Å²) in [6.07, 6.45) is 29.1. The van der Waals surface area contributed by atoms with E-state index in [1.807, 2.05) is 24.0 Å². The molecule has 0 radical (unpaired) electrons. The predicted octanol–water partition coefficient (Wildman–Crippen LogP) is 10.4. The van der Waals surface area contributed by atoms with E-state index in [-0.39, 0.29) is 34.5 Å². The lowest BCUT2D eigenvalue weighted by Crippen LogP contribution is -2.40. The van der Waals surface area contributed by atoms with Gasteiger partial charge >= 0.3 is 0 Å². The number of hydrogen-bond acceptors (Lipinski definition) is 7. The molecule has 0 aromatic heterocycles. The van der Waals surface area contributed by atoms with E-state index in [9.17, 15) is 10.2 Å². The quantitative estimate of drug-likeness (QED) is 0.0807. The summed E-state index contributed by atoms with van der Waals surface area (Å²) in [5, 5.41) is 27.7. The van der Waals surface area contributed by atoms with Gasteiger partial charge in [0.1, 0.15) is 23.8 Å². The molecule has 4 atom stereocenters. The minimum Gasteiger partial charge on any atom is -0.507 e. The first kappa shape index (κ1) is 34.2. The van der Waals surface area contributed by atoms with E-state index >= 15 is 0 Å². The molecule has 3 N–H and O–H groups in total. The summed E-state index contributed by atoms with van der Waals surface area (Å²) >= 11 is 5.45. The number of nitrogens with zero attached hydrogens (tertiary/aromatic N) is 2. The molecule has 2 aromatic rings. The molecule has 1 saturated heterocycles. The van der Waals surface area contributed by atoms with E-state index in [4.69, 9.17) is 9.73 Å². The number of ether oxygens (including phenoxy) is 1. The van der Waals surface area contributed by atoms with Gasteiger partial charge in [0.15, 0.2) is 5.75 Å². The lowest BCUT2D eigenvalue weighted by atomic mass is 9.78. The highest BCUT2D eigenvalue weighted by molar-refractivity contribution is 9.10. The molecule has 5 heterocycles. The van der Waals surface area contributed by atoms with Gasteiger partial charge in [0.2, 0.25) is 0 Å². The van der Waals surface area contributed by atoms with Crippen molar-refractivity contribution in [3.8, 4) is 11.5 Å². The third-order valence-corrected chi connectivity index (χ3v) is 13.4. The highest BCUT2D eigenvalue weighted by atomic mass is 79.9. The number of aromatic hydroxyl groups is 2. The summed E-state index contributed by atoms with van der Waals surface area (Å²) in [4.78, 5) is 10.8. The topological polar surface area (TPSA) is 86.4 Å². The zero-order valence-corrected chi connectivity index (χ0v) is 30.9. The highest BCUT2D eigenvalue weighted by Gasteiger charge is 2.64. The van der Waals surface area contributed by atoms with E-state index < -0.39 is 0 Å². The minimum absolute atomic E-state index is 0.0880. The molecule has 2 bridgehead atoms. The predicted molar refractivity (Wildman–Crippen MR) is 202 cm³/mol. The van der Waals surface area contributed by atoms with Crippen LogP contribution >= 0.6 is 27.7 Å². The van der Waals surface area contributed by atoms with Gasteiger partial charge in [-0.05, 0) is 77.7 Å². The van der Waals surface area contributed by atoms with E-state index in [0.29, 0.717) is 10.2 Å². The number of phenols is 2. The fourth-order valence-electron chi connectivity index (χ4n) is 8.72. The second-order valence-corrected chi connectivity index (χ2v) is 16.7. The van der Waals surface area contributed by atoms with Crippen molar-refractivity contribution in [3.63, 3.8) is 0 Å². The average molecular weight is 735 g/mol. The van der Waals surface area contributed by atoms with Crippen LogP contribution in [0.1, 0.15) is 146 Å². The first-order valence-electron chi connectivity index (χ1n) is 18.8. The Labute approximate surface area is 298 Å². The lowest BCUT2D eigenvalue weighted by Gasteiger charge is -2.34. The molecule has 2 aromatic carbocycles. The Bertz CT molecular complexity index is 1690. The fourth-order valence-corrected chi connectivity index (χ4v) is 10.9. The molecule has 8 heteroatoms. The van der Waals surface area contributed by atoms with Gasteiger partial charge in [0.05, 0.1) is 20.3 Å². The minimum atomic E-state index is -0.271. The van der Waals surface area contributed by atoms with Crippen LogP contribution in [0, 0.1) is 0 Å². The third kappa shape index (κ3) is 6.51. The number of thioether (sulfide) groups is 1. The number of unbranched alkanes of at least 4 members (excludes halogenated alkanes) is 14. The summed E-state index contributed by atoms with van der Waals surface area (Å²) in [5.74, 6) is 0.588. The van der Waals surface area contributed by atoms with Crippen molar-refractivity contribution in [2.45, 2.75) is 150 Å². The number of benzene rings is 2. The molecule has 1 fully saturated rings. The summed E-state index contributed by atoms with van der Waals surface area (Å²) < 4.78 is 7.36. The molecule has 0 spiro atoms. The molecule has 48 heavy (non-hydrogen) atoms. The molecule has 0 amide bonds. The van der Waals surface area contributed by atoms with Crippen molar-refractivity contribution >= 4 is 50.9 Å². The van der Waals surface area contributed by atoms with Crippen molar-refractivity contribution in [3.05, 3.63) is 50.5 Å². The molecule has 0 unspecified atom stereocenters. The van der Waals surface area contributed by atoms with Crippen molar-refractivity contribution in [2.75, 3.05) is 11.9 Å². The summed E-state index contributed by atoms with van der Waals surface area (Å²) in [6, 6.07) is 4.00. The van der Waals surface area contributed by atoms with Gasteiger partial charge in [-0.2, -0.15) is 0 Å². The zero-order chi connectivity index (χ0) is 33.1. The number of hydrogen-bond donors (Lipinski definition) is 3.